The van der Waals surface area contributed by atoms with Gasteiger partial charge in [-0.05, 0) is 49.3 Å². The second kappa shape index (κ2) is 8.38. The summed E-state index contributed by atoms with van der Waals surface area (Å²) in [5, 5.41) is 11.9. The summed E-state index contributed by atoms with van der Waals surface area (Å²) < 4.78 is 4.02. The fourth-order valence-corrected chi connectivity index (χ4v) is 4.59. The summed E-state index contributed by atoms with van der Waals surface area (Å²) in [6, 6.07) is 6.96. The summed E-state index contributed by atoms with van der Waals surface area (Å²) in [5.41, 5.74) is 6.28. The number of anilines is 3. The monoisotopic (exact) mass is 459 g/mol. The Kier molecular flexibility index (Phi) is 5.50. The zero-order valence-electron chi connectivity index (χ0n) is 20.9. The maximum atomic E-state index is 5.00. The summed E-state index contributed by atoms with van der Waals surface area (Å²) in [7, 11) is 1.98. The Morgan fingerprint density at radius 2 is 1.82 bits per heavy atom. The highest BCUT2D eigenvalue weighted by molar-refractivity contribution is 5.87. The first-order chi connectivity index (χ1) is 16.2. The van der Waals surface area contributed by atoms with Crippen LogP contribution in [0.1, 0.15) is 56.5 Å². The van der Waals surface area contributed by atoms with Crippen LogP contribution >= 0.6 is 0 Å². The van der Waals surface area contributed by atoms with Gasteiger partial charge >= 0.3 is 0 Å². The number of aromatic nitrogens is 7. The summed E-state index contributed by atoms with van der Waals surface area (Å²) in [5.74, 6) is 1.50. The quantitative estimate of drug-likeness (QED) is 0.482. The molecule has 1 aliphatic heterocycles. The number of benzene rings is 1. The maximum absolute atomic E-state index is 5.00. The van der Waals surface area contributed by atoms with Crippen molar-refractivity contribution >= 4 is 28.6 Å². The molecular formula is C25H33N9. The van der Waals surface area contributed by atoms with Crippen LogP contribution < -0.4 is 10.2 Å². The van der Waals surface area contributed by atoms with E-state index in [4.69, 9.17) is 9.97 Å². The lowest BCUT2D eigenvalue weighted by atomic mass is 9.86. The first-order valence-corrected chi connectivity index (χ1v) is 11.9. The van der Waals surface area contributed by atoms with Crippen molar-refractivity contribution in [2.24, 2.45) is 7.05 Å². The molecule has 0 unspecified atom stereocenters. The van der Waals surface area contributed by atoms with Crippen LogP contribution in [-0.4, -0.2) is 47.6 Å². The first kappa shape index (κ1) is 22.3. The normalized spacial score (nSPS) is 15.3. The number of imidazole rings is 1. The van der Waals surface area contributed by atoms with Gasteiger partial charge in [0, 0.05) is 25.8 Å². The fraction of sp³-hybridized carbons (Fsp3) is 0.480. The third kappa shape index (κ3) is 4.10. The number of hydrogen-bond donors (Lipinski definition) is 1. The van der Waals surface area contributed by atoms with Gasteiger partial charge < -0.3 is 14.8 Å². The predicted molar refractivity (Wildman–Crippen MR) is 135 cm³/mol. The van der Waals surface area contributed by atoms with Crippen LogP contribution in [0.2, 0.25) is 0 Å². The minimum atomic E-state index is 0.0651. The molecule has 1 aromatic carbocycles. The van der Waals surface area contributed by atoms with Crippen LogP contribution in [0.5, 0.6) is 0 Å². The molecule has 0 atom stereocenters. The van der Waals surface area contributed by atoms with Crippen LogP contribution in [0.15, 0.2) is 30.7 Å². The van der Waals surface area contributed by atoms with Crippen molar-refractivity contribution in [3.05, 3.63) is 47.5 Å². The zero-order valence-corrected chi connectivity index (χ0v) is 20.9. The highest BCUT2D eigenvalue weighted by atomic mass is 15.4. The number of rotatable bonds is 4. The van der Waals surface area contributed by atoms with Crippen LogP contribution in [0.25, 0.3) is 11.2 Å². The van der Waals surface area contributed by atoms with Crippen molar-refractivity contribution < 1.29 is 0 Å². The van der Waals surface area contributed by atoms with Crippen molar-refractivity contribution in [2.75, 3.05) is 23.3 Å². The third-order valence-corrected chi connectivity index (χ3v) is 6.76. The molecule has 4 heterocycles. The third-order valence-electron chi connectivity index (χ3n) is 6.76. The lowest BCUT2D eigenvalue weighted by Gasteiger charge is -2.32. The lowest BCUT2D eigenvalue weighted by molar-refractivity contribution is 0.353. The van der Waals surface area contributed by atoms with Crippen LogP contribution in [0.4, 0.5) is 17.5 Å². The van der Waals surface area contributed by atoms with Gasteiger partial charge in [-0.25, -0.2) is 9.67 Å². The van der Waals surface area contributed by atoms with Crippen LogP contribution in [-0.2, 0) is 12.5 Å². The Balaban J connectivity index is 1.46. The summed E-state index contributed by atoms with van der Waals surface area (Å²) in [6.45, 7) is 12.6. The minimum absolute atomic E-state index is 0.0651. The number of piperidine rings is 1. The van der Waals surface area contributed by atoms with Crippen molar-refractivity contribution in [2.45, 2.75) is 58.9 Å². The standard InChI is InChI=1S/C25H33N9/c1-16-7-8-18(25(3,4)5)13-20(16)28-23-21-22(26-15-32(21)6)29-24(30-23)33-11-9-19(10-12-33)34-17(2)14-27-31-34/h7-8,13-15,19H,9-12H2,1-6H3,(H,28,29,30). The molecule has 178 valence electrons. The number of fused-ring (bicyclic) bond motifs is 1. The van der Waals surface area contributed by atoms with E-state index in [0.717, 1.165) is 48.6 Å². The Labute approximate surface area is 200 Å². The van der Waals surface area contributed by atoms with E-state index in [9.17, 15) is 0 Å². The average Bonchev–Trinajstić information content (AvgIpc) is 3.40. The van der Waals surface area contributed by atoms with E-state index in [1.54, 1.807) is 6.33 Å². The molecule has 5 rings (SSSR count). The van der Waals surface area contributed by atoms with Crippen LogP contribution in [0, 0.1) is 13.8 Å². The zero-order chi connectivity index (χ0) is 24.0. The SMILES string of the molecule is Cc1ccc(C(C)(C)C)cc1Nc1nc(N2CCC(n3nncc3C)CC2)nc2ncn(C)c12. The number of nitrogens with one attached hydrogen (secondary N) is 1. The second-order valence-electron chi connectivity index (χ2n) is 10.3. The van der Waals surface area contributed by atoms with Gasteiger partial charge in [0.05, 0.1) is 24.3 Å². The van der Waals surface area contributed by atoms with Crippen molar-refractivity contribution in [3.63, 3.8) is 0 Å². The summed E-state index contributed by atoms with van der Waals surface area (Å²) >= 11 is 0. The number of nitrogens with zero attached hydrogens (tertiary/aromatic N) is 8. The lowest BCUT2D eigenvalue weighted by Crippen LogP contribution is -2.36. The van der Waals surface area contributed by atoms with Crippen molar-refractivity contribution in [1.82, 2.24) is 34.5 Å². The fourth-order valence-electron chi connectivity index (χ4n) is 4.59. The van der Waals surface area contributed by atoms with Gasteiger partial charge in [-0.2, -0.15) is 9.97 Å². The largest absolute Gasteiger partial charge is 0.341 e. The molecule has 34 heavy (non-hydrogen) atoms. The smallest absolute Gasteiger partial charge is 0.229 e. The van der Waals surface area contributed by atoms with Gasteiger partial charge in [-0.1, -0.05) is 38.1 Å². The second-order valence-corrected chi connectivity index (χ2v) is 10.3. The van der Waals surface area contributed by atoms with Crippen molar-refractivity contribution in [3.8, 4) is 0 Å². The molecular weight excluding hydrogens is 426 g/mol. The number of aryl methyl sites for hydroxylation is 3. The molecule has 1 N–H and O–H groups in total. The van der Waals surface area contributed by atoms with E-state index in [0.29, 0.717) is 17.6 Å². The maximum Gasteiger partial charge on any atom is 0.229 e. The van der Waals surface area contributed by atoms with E-state index in [1.165, 1.54) is 11.1 Å². The van der Waals surface area contributed by atoms with E-state index in [-0.39, 0.29) is 5.41 Å². The van der Waals surface area contributed by atoms with E-state index < -0.39 is 0 Å². The molecule has 1 fully saturated rings. The van der Waals surface area contributed by atoms with E-state index >= 15 is 0 Å². The highest BCUT2D eigenvalue weighted by Crippen LogP contribution is 2.32. The Morgan fingerprint density at radius 3 is 2.50 bits per heavy atom. The molecule has 1 saturated heterocycles. The molecule has 0 spiro atoms. The molecule has 0 saturated carbocycles. The Morgan fingerprint density at radius 1 is 1.06 bits per heavy atom. The Bertz CT molecular complexity index is 1320. The Hall–Kier alpha value is -3.49. The molecule has 0 radical (unpaired) electrons. The molecule has 0 bridgehead atoms. The minimum Gasteiger partial charge on any atom is -0.341 e. The number of hydrogen-bond acceptors (Lipinski definition) is 7. The van der Waals surface area contributed by atoms with E-state index in [1.807, 2.05) is 22.5 Å². The first-order valence-electron chi connectivity index (χ1n) is 11.9. The summed E-state index contributed by atoms with van der Waals surface area (Å²) in [6.07, 6.45) is 5.57. The predicted octanol–water partition coefficient (Wildman–Crippen LogP) is 4.45. The summed E-state index contributed by atoms with van der Waals surface area (Å²) in [4.78, 5) is 16.6. The molecule has 1 aliphatic rings. The molecule has 0 amide bonds. The molecule has 9 nitrogen and oxygen atoms in total. The van der Waals surface area contributed by atoms with Crippen LogP contribution in [0.3, 0.4) is 0 Å². The topological polar surface area (TPSA) is 89.6 Å². The van der Waals surface area contributed by atoms with Gasteiger partial charge in [0.25, 0.3) is 0 Å². The van der Waals surface area contributed by atoms with Gasteiger partial charge in [-0.3, -0.25) is 0 Å². The molecule has 0 aliphatic carbocycles. The molecule has 9 heteroatoms. The van der Waals surface area contributed by atoms with Gasteiger partial charge in [-0.15, -0.1) is 5.10 Å². The van der Waals surface area contributed by atoms with Crippen molar-refractivity contribution in [1.29, 1.82) is 0 Å². The molecule has 3 aromatic heterocycles. The average molecular weight is 460 g/mol. The van der Waals surface area contributed by atoms with E-state index in [2.05, 4.69) is 78.3 Å². The van der Waals surface area contributed by atoms with Gasteiger partial charge in [0.1, 0.15) is 5.52 Å². The van der Waals surface area contributed by atoms with Gasteiger partial charge in [0.15, 0.2) is 11.5 Å². The molecule has 4 aromatic rings. The highest BCUT2D eigenvalue weighted by Gasteiger charge is 2.25. The van der Waals surface area contributed by atoms with Gasteiger partial charge in [0.2, 0.25) is 5.95 Å².